The molecule has 2 aromatic rings. The lowest BCUT2D eigenvalue weighted by Gasteiger charge is -2.07. The highest BCUT2D eigenvalue weighted by atomic mass is 16.5. The fourth-order valence-electron chi connectivity index (χ4n) is 1.42. The Bertz CT molecular complexity index is 469. The first-order chi connectivity index (χ1) is 8.28. The van der Waals surface area contributed by atoms with E-state index in [1.807, 2.05) is 20.0 Å². The molecule has 0 fully saturated rings. The van der Waals surface area contributed by atoms with E-state index >= 15 is 0 Å². The topological polar surface area (TPSA) is 75.7 Å². The summed E-state index contributed by atoms with van der Waals surface area (Å²) in [6.07, 6.45) is 3.61. The zero-order valence-corrected chi connectivity index (χ0v) is 9.90. The van der Waals surface area contributed by atoms with Gasteiger partial charge >= 0.3 is 0 Å². The van der Waals surface area contributed by atoms with Crippen LogP contribution in [-0.2, 0) is 6.54 Å². The second-order valence-corrected chi connectivity index (χ2v) is 3.53. The van der Waals surface area contributed by atoms with Crippen LogP contribution in [0.1, 0.15) is 18.3 Å². The summed E-state index contributed by atoms with van der Waals surface area (Å²) >= 11 is 0. The molecular formula is C11H15N5O. The van der Waals surface area contributed by atoms with E-state index in [1.54, 1.807) is 12.3 Å². The number of H-pyrrole nitrogens is 1. The standard InChI is InChI=1S/C11H15N5O/c1-3-17-11-4-10(15-8(2)16-11)12-5-9-6-13-14-7-9/h4,6-7H,3,5H2,1-2H3,(H,13,14)(H,12,15,16). The Kier molecular flexibility index (Phi) is 3.54. The number of ether oxygens (including phenoxy) is 1. The Labute approximate surface area is 99.4 Å². The number of rotatable bonds is 5. The summed E-state index contributed by atoms with van der Waals surface area (Å²) in [7, 11) is 0. The summed E-state index contributed by atoms with van der Waals surface area (Å²) in [6.45, 7) is 5.03. The average Bonchev–Trinajstić information content (AvgIpc) is 2.79. The Morgan fingerprint density at radius 3 is 3.00 bits per heavy atom. The van der Waals surface area contributed by atoms with Gasteiger partial charge in [-0.3, -0.25) is 5.10 Å². The Morgan fingerprint density at radius 1 is 1.41 bits per heavy atom. The van der Waals surface area contributed by atoms with Gasteiger partial charge in [-0.2, -0.15) is 10.1 Å². The molecule has 90 valence electrons. The molecule has 0 aliphatic carbocycles. The number of nitrogens with one attached hydrogen (secondary N) is 2. The minimum absolute atomic E-state index is 0.592. The molecular weight excluding hydrogens is 218 g/mol. The summed E-state index contributed by atoms with van der Waals surface area (Å²) in [5.74, 6) is 2.03. The van der Waals surface area contributed by atoms with E-state index in [0.29, 0.717) is 24.9 Å². The Morgan fingerprint density at radius 2 is 2.29 bits per heavy atom. The van der Waals surface area contributed by atoms with Crippen LogP contribution in [-0.4, -0.2) is 26.8 Å². The maximum absolute atomic E-state index is 5.35. The molecule has 0 atom stereocenters. The maximum Gasteiger partial charge on any atom is 0.218 e. The van der Waals surface area contributed by atoms with Crippen LogP contribution in [0.5, 0.6) is 5.88 Å². The molecule has 0 unspecified atom stereocenters. The van der Waals surface area contributed by atoms with Crippen molar-refractivity contribution in [2.75, 3.05) is 11.9 Å². The summed E-state index contributed by atoms with van der Waals surface area (Å²) in [5.41, 5.74) is 1.07. The van der Waals surface area contributed by atoms with Crippen LogP contribution in [0.2, 0.25) is 0 Å². The third-order valence-corrected chi connectivity index (χ3v) is 2.14. The van der Waals surface area contributed by atoms with Crippen LogP contribution < -0.4 is 10.1 Å². The first-order valence-electron chi connectivity index (χ1n) is 5.48. The van der Waals surface area contributed by atoms with Gasteiger partial charge in [0, 0.05) is 24.4 Å². The van der Waals surface area contributed by atoms with Crippen molar-refractivity contribution in [2.24, 2.45) is 0 Å². The predicted octanol–water partition coefficient (Wildman–Crippen LogP) is 1.52. The van der Waals surface area contributed by atoms with Crippen molar-refractivity contribution < 1.29 is 4.74 Å². The normalized spacial score (nSPS) is 10.2. The highest BCUT2D eigenvalue weighted by Gasteiger charge is 2.02. The van der Waals surface area contributed by atoms with Crippen LogP contribution in [0.4, 0.5) is 5.82 Å². The van der Waals surface area contributed by atoms with Gasteiger partial charge in [0.2, 0.25) is 5.88 Å². The van der Waals surface area contributed by atoms with E-state index < -0.39 is 0 Å². The smallest absolute Gasteiger partial charge is 0.218 e. The first kappa shape index (κ1) is 11.4. The zero-order valence-electron chi connectivity index (χ0n) is 9.90. The van der Waals surface area contributed by atoms with Crippen molar-refractivity contribution in [1.29, 1.82) is 0 Å². The maximum atomic E-state index is 5.35. The van der Waals surface area contributed by atoms with Crippen molar-refractivity contribution in [1.82, 2.24) is 20.2 Å². The Balaban J connectivity index is 2.04. The summed E-state index contributed by atoms with van der Waals surface area (Å²) in [6, 6.07) is 1.79. The SMILES string of the molecule is CCOc1cc(NCc2cn[nH]c2)nc(C)n1. The van der Waals surface area contributed by atoms with Crippen molar-refractivity contribution in [3.05, 3.63) is 29.8 Å². The molecule has 0 aromatic carbocycles. The molecule has 2 rings (SSSR count). The van der Waals surface area contributed by atoms with Gasteiger partial charge < -0.3 is 10.1 Å². The van der Waals surface area contributed by atoms with Crippen LogP contribution in [0.25, 0.3) is 0 Å². The quantitative estimate of drug-likeness (QED) is 0.818. The van der Waals surface area contributed by atoms with Gasteiger partial charge in [-0.15, -0.1) is 0 Å². The highest BCUT2D eigenvalue weighted by Crippen LogP contribution is 2.13. The molecule has 0 saturated heterocycles. The third kappa shape index (κ3) is 3.17. The van der Waals surface area contributed by atoms with Gasteiger partial charge in [0.1, 0.15) is 11.6 Å². The van der Waals surface area contributed by atoms with Crippen LogP contribution in [0.15, 0.2) is 18.5 Å². The molecule has 2 heterocycles. The molecule has 2 N–H and O–H groups in total. The van der Waals surface area contributed by atoms with E-state index in [1.165, 1.54) is 0 Å². The van der Waals surface area contributed by atoms with Crippen molar-refractivity contribution in [3.63, 3.8) is 0 Å². The number of nitrogens with zero attached hydrogens (tertiary/aromatic N) is 3. The van der Waals surface area contributed by atoms with Gasteiger partial charge in [0.25, 0.3) is 0 Å². The van der Waals surface area contributed by atoms with Crippen molar-refractivity contribution in [2.45, 2.75) is 20.4 Å². The molecule has 0 radical (unpaired) electrons. The minimum atomic E-state index is 0.592. The molecule has 6 nitrogen and oxygen atoms in total. The second kappa shape index (κ2) is 5.29. The lowest BCUT2D eigenvalue weighted by Crippen LogP contribution is -2.04. The van der Waals surface area contributed by atoms with E-state index in [4.69, 9.17) is 4.74 Å². The molecule has 17 heavy (non-hydrogen) atoms. The lowest BCUT2D eigenvalue weighted by atomic mass is 10.3. The van der Waals surface area contributed by atoms with Crippen LogP contribution in [0, 0.1) is 6.92 Å². The van der Waals surface area contributed by atoms with Gasteiger partial charge in [0.05, 0.1) is 12.8 Å². The number of hydrogen-bond donors (Lipinski definition) is 2. The second-order valence-electron chi connectivity index (χ2n) is 3.53. The monoisotopic (exact) mass is 233 g/mol. The molecule has 6 heteroatoms. The number of aryl methyl sites for hydroxylation is 1. The molecule has 0 aliphatic heterocycles. The fourth-order valence-corrected chi connectivity index (χ4v) is 1.42. The molecule has 0 aliphatic rings. The first-order valence-corrected chi connectivity index (χ1v) is 5.48. The minimum Gasteiger partial charge on any atom is -0.478 e. The van der Waals surface area contributed by atoms with Gasteiger partial charge in [-0.1, -0.05) is 0 Å². The molecule has 2 aromatic heterocycles. The molecule has 0 bridgehead atoms. The van der Waals surface area contributed by atoms with E-state index in [2.05, 4.69) is 25.5 Å². The van der Waals surface area contributed by atoms with Gasteiger partial charge in [0.15, 0.2) is 0 Å². The summed E-state index contributed by atoms with van der Waals surface area (Å²) in [4.78, 5) is 8.46. The van der Waals surface area contributed by atoms with Crippen LogP contribution in [0.3, 0.4) is 0 Å². The molecule has 0 spiro atoms. The number of anilines is 1. The largest absolute Gasteiger partial charge is 0.478 e. The summed E-state index contributed by atoms with van der Waals surface area (Å²) < 4.78 is 5.35. The van der Waals surface area contributed by atoms with E-state index in [9.17, 15) is 0 Å². The highest BCUT2D eigenvalue weighted by molar-refractivity contribution is 5.38. The number of aromatic nitrogens is 4. The van der Waals surface area contributed by atoms with Gasteiger partial charge in [-0.05, 0) is 13.8 Å². The molecule has 0 saturated carbocycles. The van der Waals surface area contributed by atoms with Crippen LogP contribution >= 0.6 is 0 Å². The Hall–Kier alpha value is -2.11. The average molecular weight is 233 g/mol. The molecule has 0 amide bonds. The van der Waals surface area contributed by atoms with E-state index in [0.717, 1.165) is 11.4 Å². The van der Waals surface area contributed by atoms with Crippen molar-refractivity contribution in [3.8, 4) is 5.88 Å². The third-order valence-electron chi connectivity index (χ3n) is 2.14. The van der Waals surface area contributed by atoms with Gasteiger partial charge in [-0.25, -0.2) is 4.98 Å². The van der Waals surface area contributed by atoms with E-state index in [-0.39, 0.29) is 0 Å². The fraction of sp³-hybridized carbons (Fsp3) is 0.364. The lowest BCUT2D eigenvalue weighted by molar-refractivity contribution is 0.325. The zero-order chi connectivity index (χ0) is 12.1. The predicted molar refractivity (Wildman–Crippen MR) is 63.9 cm³/mol. The number of aromatic amines is 1. The number of hydrogen-bond acceptors (Lipinski definition) is 5. The van der Waals surface area contributed by atoms with Crippen molar-refractivity contribution >= 4 is 5.82 Å². The summed E-state index contributed by atoms with van der Waals surface area (Å²) in [5, 5.41) is 9.83.